The van der Waals surface area contributed by atoms with E-state index in [4.69, 9.17) is 14.5 Å². The fourth-order valence-corrected chi connectivity index (χ4v) is 6.25. The molecule has 2 fully saturated rings. The number of morpholine rings is 1. The molecule has 1 saturated heterocycles. The van der Waals surface area contributed by atoms with E-state index in [1.165, 1.54) is 13.5 Å². The van der Waals surface area contributed by atoms with Crippen molar-refractivity contribution in [3.63, 3.8) is 0 Å². The van der Waals surface area contributed by atoms with Gasteiger partial charge >= 0.3 is 5.97 Å². The van der Waals surface area contributed by atoms with Gasteiger partial charge in [-0.3, -0.25) is 4.79 Å². The molecule has 6 rings (SSSR count). The Bertz CT molecular complexity index is 1490. The molecule has 3 aromatic carbocycles. The first-order chi connectivity index (χ1) is 20.2. The summed E-state index contributed by atoms with van der Waals surface area (Å²) in [6, 6.07) is 24.8. The second kappa shape index (κ2) is 12.2. The third kappa shape index (κ3) is 5.49. The molecule has 2 heterocycles. The van der Waals surface area contributed by atoms with Crippen molar-refractivity contribution in [3.8, 4) is 11.4 Å². The number of fused-ring (bicyclic) bond motifs is 1. The molecule has 41 heavy (non-hydrogen) atoms. The molecule has 0 spiro atoms. The largest absolute Gasteiger partial charge is 0.465 e. The number of para-hydroxylation sites is 3. The molecule has 1 atom stereocenters. The van der Waals surface area contributed by atoms with E-state index >= 15 is 4.79 Å². The van der Waals surface area contributed by atoms with Crippen molar-refractivity contribution in [2.24, 2.45) is 5.92 Å². The number of methoxy groups -OCH3 is 1. The highest BCUT2D eigenvalue weighted by Gasteiger charge is 2.39. The second-order valence-corrected chi connectivity index (χ2v) is 10.8. The molecule has 2 aliphatic rings. The van der Waals surface area contributed by atoms with Gasteiger partial charge in [0.05, 0.1) is 42.6 Å². The number of ether oxygens (including phenoxy) is 2. The molecule has 1 aliphatic carbocycles. The molecule has 212 valence electrons. The first-order valence-electron chi connectivity index (χ1n) is 14.5. The molecule has 1 saturated carbocycles. The lowest BCUT2D eigenvalue weighted by Crippen LogP contribution is -2.54. The van der Waals surface area contributed by atoms with Gasteiger partial charge in [0.25, 0.3) is 5.91 Å². The van der Waals surface area contributed by atoms with E-state index in [1.54, 1.807) is 12.1 Å². The van der Waals surface area contributed by atoms with Crippen LogP contribution in [0.4, 0.5) is 5.69 Å². The quantitative estimate of drug-likeness (QED) is 0.266. The highest BCUT2D eigenvalue weighted by atomic mass is 16.5. The summed E-state index contributed by atoms with van der Waals surface area (Å²) in [5.74, 6) is 0.542. The molecular formula is C33H36N4O4. The zero-order valence-electron chi connectivity index (χ0n) is 23.4. The van der Waals surface area contributed by atoms with Gasteiger partial charge in [-0.05, 0) is 55.2 Å². The van der Waals surface area contributed by atoms with Gasteiger partial charge in [0.1, 0.15) is 11.9 Å². The molecule has 1 unspecified atom stereocenters. The van der Waals surface area contributed by atoms with Crippen molar-refractivity contribution in [1.29, 1.82) is 0 Å². The summed E-state index contributed by atoms with van der Waals surface area (Å²) in [7, 11) is 1.38. The Balaban J connectivity index is 1.52. The van der Waals surface area contributed by atoms with Crippen LogP contribution in [0.3, 0.4) is 0 Å². The van der Waals surface area contributed by atoms with Gasteiger partial charge in [-0.2, -0.15) is 0 Å². The number of esters is 1. The van der Waals surface area contributed by atoms with Crippen molar-refractivity contribution in [2.45, 2.75) is 38.1 Å². The number of rotatable bonds is 7. The fraction of sp³-hybridized carbons (Fsp3) is 0.364. The Hall–Kier alpha value is -4.01. The first kappa shape index (κ1) is 27.2. The van der Waals surface area contributed by atoms with Gasteiger partial charge in [-0.25, -0.2) is 19.8 Å². The number of nitrogens with zero attached hydrogens (tertiary/aromatic N) is 4. The van der Waals surface area contributed by atoms with Crippen LogP contribution in [0.25, 0.3) is 22.4 Å². The van der Waals surface area contributed by atoms with Gasteiger partial charge in [0, 0.05) is 18.7 Å². The van der Waals surface area contributed by atoms with Crippen molar-refractivity contribution in [3.05, 3.63) is 84.4 Å². The number of aromatic nitrogens is 2. The predicted octanol–water partition coefficient (Wildman–Crippen LogP) is 5.89. The smallest absolute Gasteiger partial charge is 0.337 e. The van der Waals surface area contributed by atoms with E-state index in [-0.39, 0.29) is 17.8 Å². The van der Waals surface area contributed by atoms with E-state index in [2.05, 4.69) is 15.6 Å². The van der Waals surface area contributed by atoms with Crippen molar-refractivity contribution >= 4 is 28.6 Å². The lowest BCUT2D eigenvalue weighted by molar-refractivity contribution is -0.128. The number of imidazole rings is 1. The van der Waals surface area contributed by atoms with E-state index in [0.717, 1.165) is 53.8 Å². The molecular weight excluding hydrogens is 516 g/mol. The number of hydrogen-bond acceptors (Lipinski definition) is 6. The zero-order chi connectivity index (χ0) is 28.2. The van der Waals surface area contributed by atoms with Crippen molar-refractivity contribution in [2.75, 3.05) is 38.4 Å². The average Bonchev–Trinajstić information content (AvgIpc) is 3.42. The van der Waals surface area contributed by atoms with Gasteiger partial charge in [-0.15, -0.1) is 0 Å². The maximum atomic E-state index is 15.1. The number of hydrazine groups is 1. The predicted molar refractivity (Wildman–Crippen MR) is 158 cm³/mol. The van der Waals surface area contributed by atoms with Gasteiger partial charge in [0.15, 0.2) is 0 Å². The molecule has 1 aliphatic heterocycles. The molecule has 1 aromatic heterocycles. The third-order valence-corrected chi connectivity index (χ3v) is 8.27. The Morgan fingerprint density at radius 1 is 0.902 bits per heavy atom. The molecule has 1 amide bonds. The van der Waals surface area contributed by atoms with Gasteiger partial charge in [0.2, 0.25) is 0 Å². The number of carbonyl (C=O) groups is 2. The second-order valence-electron chi connectivity index (χ2n) is 10.8. The molecule has 4 aromatic rings. The monoisotopic (exact) mass is 552 g/mol. The summed E-state index contributed by atoms with van der Waals surface area (Å²) in [6.45, 7) is 2.45. The van der Waals surface area contributed by atoms with Crippen LogP contribution in [0.1, 0.15) is 48.5 Å². The highest BCUT2D eigenvalue weighted by molar-refractivity contribution is 5.97. The Kier molecular flexibility index (Phi) is 8.11. The normalized spacial score (nSPS) is 17.3. The van der Waals surface area contributed by atoms with Gasteiger partial charge in [-0.1, -0.05) is 61.7 Å². The Labute approximate surface area is 240 Å². The van der Waals surface area contributed by atoms with Crippen LogP contribution in [0.15, 0.2) is 78.9 Å². The average molecular weight is 553 g/mol. The van der Waals surface area contributed by atoms with E-state index in [9.17, 15) is 4.79 Å². The Morgan fingerprint density at radius 2 is 1.59 bits per heavy atom. The first-order valence-corrected chi connectivity index (χ1v) is 14.5. The minimum absolute atomic E-state index is 0.0422. The highest BCUT2D eigenvalue weighted by Crippen LogP contribution is 2.40. The van der Waals surface area contributed by atoms with Crippen LogP contribution in [0, 0.1) is 5.92 Å². The van der Waals surface area contributed by atoms with Crippen molar-refractivity contribution < 1.29 is 19.1 Å². The molecule has 8 heteroatoms. The number of carbonyl (C=O) groups excluding carboxylic acids is 2. The fourth-order valence-electron chi connectivity index (χ4n) is 6.25. The minimum Gasteiger partial charge on any atom is -0.465 e. The van der Waals surface area contributed by atoms with E-state index in [1.807, 2.05) is 65.7 Å². The molecule has 0 radical (unpaired) electrons. The van der Waals surface area contributed by atoms with Crippen LogP contribution in [-0.4, -0.2) is 59.8 Å². The van der Waals surface area contributed by atoms with Crippen LogP contribution < -0.4 is 5.01 Å². The summed E-state index contributed by atoms with van der Waals surface area (Å²) in [5.41, 5.74) is 3.94. The topological polar surface area (TPSA) is 76.9 Å². The van der Waals surface area contributed by atoms with Crippen LogP contribution >= 0.6 is 0 Å². The number of anilines is 1. The summed E-state index contributed by atoms with van der Waals surface area (Å²) >= 11 is 0. The molecule has 0 bridgehead atoms. The SMILES string of the molecule is COC(=O)c1ccc(-c2nc3ccccc3n2C(C(=O)N(c2ccccc2)N2CCOCC2)C2CCCCC2)cc1. The summed E-state index contributed by atoms with van der Waals surface area (Å²) < 4.78 is 12.7. The lowest BCUT2D eigenvalue weighted by Gasteiger charge is -2.41. The third-order valence-electron chi connectivity index (χ3n) is 8.27. The van der Waals surface area contributed by atoms with E-state index in [0.29, 0.717) is 31.9 Å². The zero-order valence-corrected chi connectivity index (χ0v) is 23.4. The number of benzene rings is 3. The summed E-state index contributed by atoms with van der Waals surface area (Å²) in [6.07, 6.45) is 5.36. The molecule has 0 N–H and O–H groups in total. The van der Waals surface area contributed by atoms with Crippen LogP contribution in [0.5, 0.6) is 0 Å². The Morgan fingerprint density at radius 3 is 2.29 bits per heavy atom. The lowest BCUT2D eigenvalue weighted by atomic mass is 9.83. The van der Waals surface area contributed by atoms with Crippen LogP contribution in [0.2, 0.25) is 0 Å². The number of hydrogen-bond donors (Lipinski definition) is 0. The van der Waals surface area contributed by atoms with Crippen LogP contribution in [-0.2, 0) is 14.3 Å². The minimum atomic E-state index is -0.457. The molecule has 8 nitrogen and oxygen atoms in total. The van der Waals surface area contributed by atoms with Gasteiger partial charge < -0.3 is 14.0 Å². The van der Waals surface area contributed by atoms with E-state index < -0.39 is 6.04 Å². The maximum Gasteiger partial charge on any atom is 0.337 e. The van der Waals surface area contributed by atoms with Crippen molar-refractivity contribution in [1.82, 2.24) is 14.6 Å². The summed E-state index contributed by atoms with van der Waals surface area (Å²) in [5, 5.41) is 4.02. The number of amides is 1. The standard InChI is InChI=1S/C33H36N4O4/c1-40-33(39)26-18-16-25(17-19-26)31-34-28-14-8-9-15-29(28)36(31)30(24-10-4-2-5-11-24)32(38)37(27-12-6-3-7-13-27)35-20-22-41-23-21-35/h3,6-9,12-19,24,30H,2,4-5,10-11,20-23H2,1H3. The maximum absolute atomic E-state index is 15.1. The summed E-state index contributed by atoms with van der Waals surface area (Å²) in [4.78, 5) is 32.3.